The summed E-state index contributed by atoms with van der Waals surface area (Å²) >= 11 is 1.66. The summed E-state index contributed by atoms with van der Waals surface area (Å²) in [4.78, 5) is 25.4. The number of ketones is 1. The van der Waals surface area contributed by atoms with Crippen LogP contribution in [-0.2, 0) is 27.3 Å². The van der Waals surface area contributed by atoms with Gasteiger partial charge in [0.25, 0.3) is 0 Å². The van der Waals surface area contributed by atoms with Gasteiger partial charge in [-0.2, -0.15) is 0 Å². The maximum atomic E-state index is 12.7. The lowest BCUT2D eigenvalue weighted by molar-refractivity contribution is -0.245. The Morgan fingerprint density at radius 1 is 0.881 bits per heavy atom. The van der Waals surface area contributed by atoms with E-state index in [1.807, 2.05) is 60.7 Å². The Labute approximate surface area is 249 Å². The molecule has 3 N–H and O–H groups in total. The molecule has 1 unspecified atom stereocenters. The predicted octanol–water partition coefficient (Wildman–Crippen LogP) is 6.61. The zero-order valence-electron chi connectivity index (χ0n) is 23.2. The zero-order chi connectivity index (χ0) is 29.5. The molecule has 1 fully saturated rings. The van der Waals surface area contributed by atoms with E-state index < -0.39 is 6.29 Å². The number of rotatable bonds is 10. The molecule has 8 heteroatoms. The summed E-state index contributed by atoms with van der Waals surface area (Å²) < 4.78 is 12.8. The second-order valence-corrected chi connectivity index (χ2v) is 11.4. The predicted molar refractivity (Wildman–Crippen MR) is 162 cm³/mol. The third-order valence-electron chi connectivity index (χ3n) is 7.06. The van der Waals surface area contributed by atoms with Crippen molar-refractivity contribution in [3.63, 3.8) is 0 Å². The van der Waals surface area contributed by atoms with E-state index in [2.05, 4.69) is 5.32 Å². The number of amides is 1. The minimum atomic E-state index is -0.594. The van der Waals surface area contributed by atoms with Crippen molar-refractivity contribution in [1.82, 2.24) is 0 Å². The van der Waals surface area contributed by atoms with Crippen LogP contribution in [0.4, 0.5) is 5.69 Å². The van der Waals surface area contributed by atoms with Gasteiger partial charge in [0.05, 0.1) is 25.2 Å². The molecule has 7 nitrogen and oxygen atoms in total. The molecule has 0 radical (unpaired) electrons. The Balaban J connectivity index is 1.26. The number of carbonyl (C=O) groups excluding carboxylic acids is 2. The van der Waals surface area contributed by atoms with Crippen molar-refractivity contribution >= 4 is 29.1 Å². The van der Waals surface area contributed by atoms with E-state index in [9.17, 15) is 19.8 Å². The molecular weight excluding hydrogens is 550 g/mol. The van der Waals surface area contributed by atoms with Gasteiger partial charge in [0.1, 0.15) is 5.75 Å². The molecule has 216 valence electrons. The Kier molecular flexibility index (Phi) is 9.71. The molecule has 0 spiro atoms. The molecule has 0 aliphatic carbocycles. The summed E-state index contributed by atoms with van der Waals surface area (Å²) in [6.07, 6.45) is -0.0328. The van der Waals surface area contributed by atoms with Crippen LogP contribution in [0.25, 0.3) is 0 Å². The number of phenolic OH excluding ortho intramolecular Hbond substituents is 1. The molecular formula is C34H33NO6S. The van der Waals surface area contributed by atoms with Gasteiger partial charge < -0.3 is 25.0 Å². The molecule has 1 heterocycles. The Hall–Kier alpha value is -3.95. The van der Waals surface area contributed by atoms with E-state index >= 15 is 0 Å². The highest BCUT2D eigenvalue weighted by atomic mass is 32.2. The number of thioether (sulfide) groups is 1. The summed E-state index contributed by atoms with van der Waals surface area (Å²) in [5, 5.41) is 21.9. The zero-order valence-corrected chi connectivity index (χ0v) is 24.1. The van der Waals surface area contributed by atoms with E-state index in [0.717, 1.165) is 27.1 Å². The number of ether oxygens (including phenoxy) is 2. The van der Waals surface area contributed by atoms with Gasteiger partial charge in [-0.1, -0.05) is 60.7 Å². The lowest BCUT2D eigenvalue weighted by Crippen LogP contribution is -2.31. The van der Waals surface area contributed by atoms with Crippen LogP contribution in [0.1, 0.15) is 58.4 Å². The SMILES string of the molecule is CC(=O)c1cccc(NC(=O)Cc2ccc(C3O[C@H](CSc4ccc(O)cc4)C[C@H](c4ccc(CO)cc4)O3)cc2)c1. The Morgan fingerprint density at radius 2 is 1.57 bits per heavy atom. The molecule has 1 saturated heterocycles. The van der Waals surface area contributed by atoms with Crippen molar-refractivity contribution in [3.05, 3.63) is 125 Å². The molecule has 0 bridgehead atoms. The van der Waals surface area contributed by atoms with Crippen LogP contribution in [0.15, 0.2) is 102 Å². The summed E-state index contributed by atoms with van der Waals surface area (Å²) in [5.74, 6) is 0.709. The summed E-state index contributed by atoms with van der Waals surface area (Å²) in [6.45, 7) is 1.48. The number of benzene rings is 4. The molecule has 42 heavy (non-hydrogen) atoms. The highest BCUT2D eigenvalue weighted by Crippen LogP contribution is 2.39. The second-order valence-electron chi connectivity index (χ2n) is 10.3. The van der Waals surface area contributed by atoms with E-state index in [1.165, 1.54) is 6.92 Å². The number of anilines is 1. The van der Waals surface area contributed by atoms with Crippen LogP contribution >= 0.6 is 11.8 Å². The highest BCUT2D eigenvalue weighted by Gasteiger charge is 2.32. The monoisotopic (exact) mass is 583 g/mol. The topological polar surface area (TPSA) is 105 Å². The fourth-order valence-corrected chi connectivity index (χ4v) is 5.67. The first-order valence-corrected chi connectivity index (χ1v) is 14.8. The van der Waals surface area contributed by atoms with Crippen LogP contribution in [0.5, 0.6) is 5.75 Å². The largest absolute Gasteiger partial charge is 0.508 e. The molecule has 4 aromatic rings. The lowest BCUT2D eigenvalue weighted by atomic mass is 10.0. The summed E-state index contributed by atoms with van der Waals surface area (Å²) in [6, 6.07) is 29.4. The fraction of sp³-hybridized carbons (Fsp3) is 0.235. The maximum Gasteiger partial charge on any atom is 0.228 e. The smallest absolute Gasteiger partial charge is 0.228 e. The van der Waals surface area contributed by atoms with Crippen molar-refractivity contribution in [2.75, 3.05) is 11.1 Å². The van der Waals surface area contributed by atoms with E-state index in [1.54, 1.807) is 48.2 Å². The van der Waals surface area contributed by atoms with Crippen molar-refractivity contribution in [2.45, 2.75) is 49.8 Å². The number of Topliss-reactive ketones (excluding diaryl/α,β-unsaturated/α-hetero) is 1. The first-order valence-electron chi connectivity index (χ1n) is 13.8. The molecule has 1 aliphatic rings. The fourth-order valence-electron chi connectivity index (χ4n) is 4.75. The molecule has 5 rings (SSSR count). The van der Waals surface area contributed by atoms with Gasteiger partial charge in [-0.3, -0.25) is 9.59 Å². The van der Waals surface area contributed by atoms with Crippen molar-refractivity contribution in [2.24, 2.45) is 0 Å². The van der Waals surface area contributed by atoms with Crippen LogP contribution in [-0.4, -0.2) is 33.8 Å². The first kappa shape index (κ1) is 29.5. The number of nitrogens with one attached hydrogen (secondary N) is 1. The number of carbonyl (C=O) groups is 2. The van der Waals surface area contributed by atoms with E-state index in [-0.39, 0.29) is 42.7 Å². The van der Waals surface area contributed by atoms with Crippen LogP contribution < -0.4 is 5.32 Å². The maximum absolute atomic E-state index is 12.7. The Morgan fingerprint density at radius 3 is 2.26 bits per heavy atom. The first-order chi connectivity index (χ1) is 20.4. The number of hydrogen-bond donors (Lipinski definition) is 3. The van der Waals surface area contributed by atoms with Gasteiger partial charge in [0.15, 0.2) is 12.1 Å². The summed E-state index contributed by atoms with van der Waals surface area (Å²) in [7, 11) is 0. The van der Waals surface area contributed by atoms with Gasteiger partial charge in [0, 0.05) is 33.9 Å². The van der Waals surface area contributed by atoms with E-state index in [4.69, 9.17) is 9.47 Å². The second kappa shape index (κ2) is 13.8. The molecule has 4 aromatic carbocycles. The Bertz CT molecular complexity index is 1500. The average molecular weight is 584 g/mol. The van der Waals surface area contributed by atoms with Gasteiger partial charge in [-0.05, 0) is 60.0 Å². The number of aliphatic hydroxyl groups is 1. The quantitative estimate of drug-likeness (QED) is 0.143. The molecule has 1 amide bonds. The normalized spacial score (nSPS) is 18.4. The molecule has 3 atom stereocenters. The molecule has 0 aromatic heterocycles. The third kappa shape index (κ3) is 7.86. The van der Waals surface area contributed by atoms with Gasteiger partial charge >= 0.3 is 0 Å². The lowest BCUT2D eigenvalue weighted by Gasteiger charge is -2.36. The average Bonchev–Trinajstić information content (AvgIpc) is 3.01. The number of hydrogen-bond acceptors (Lipinski definition) is 7. The van der Waals surface area contributed by atoms with Crippen LogP contribution in [0.3, 0.4) is 0 Å². The standard InChI is InChI=1S/C34H33NO6S/c1-22(37)27-3-2-4-28(18-27)35-33(39)17-23-5-11-26(12-6-23)34-40-30(21-42-31-15-13-29(38)14-16-31)19-32(41-34)25-9-7-24(20-36)8-10-25/h2-16,18,30,32,34,36,38H,17,19-21H2,1H3,(H,35,39)/t30-,32+,34?/m0/s1. The number of aromatic hydroxyl groups is 1. The van der Waals surface area contributed by atoms with Crippen molar-refractivity contribution < 1.29 is 29.3 Å². The van der Waals surface area contributed by atoms with Gasteiger partial charge in [-0.25, -0.2) is 0 Å². The van der Waals surface area contributed by atoms with Gasteiger partial charge in [0.2, 0.25) is 5.91 Å². The van der Waals surface area contributed by atoms with Crippen molar-refractivity contribution in [1.29, 1.82) is 0 Å². The minimum Gasteiger partial charge on any atom is -0.508 e. The summed E-state index contributed by atoms with van der Waals surface area (Å²) in [5.41, 5.74) is 4.68. The molecule has 0 saturated carbocycles. The van der Waals surface area contributed by atoms with Crippen molar-refractivity contribution in [3.8, 4) is 5.75 Å². The van der Waals surface area contributed by atoms with Gasteiger partial charge in [-0.15, -0.1) is 11.8 Å². The van der Waals surface area contributed by atoms with E-state index in [0.29, 0.717) is 23.4 Å². The molecule has 1 aliphatic heterocycles. The van der Waals surface area contributed by atoms with Crippen LogP contribution in [0.2, 0.25) is 0 Å². The number of aliphatic hydroxyl groups excluding tert-OH is 1. The number of phenols is 1. The van der Waals surface area contributed by atoms with Crippen LogP contribution in [0, 0.1) is 0 Å². The minimum absolute atomic E-state index is 0.0153. The highest BCUT2D eigenvalue weighted by molar-refractivity contribution is 7.99. The third-order valence-corrected chi connectivity index (χ3v) is 8.20.